The molecule has 2 amide bonds. The van der Waals surface area contributed by atoms with Crippen molar-refractivity contribution in [3.8, 4) is 0 Å². The number of rotatable bonds is 3. The van der Waals surface area contributed by atoms with E-state index in [0.717, 1.165) is 5.06 Å². The lowest BCUT2D eigenvalue weighted by Gasteiger charge is -2.40. The van der Waals surface area contributed by atoms with Crippen molar-refractivity contribution in [3.63, 3.8) is 0 Å². The lowest BCUT2D eigenvalue weighted by Crippen LogP contribution is -2.50. The topological polar surface area (TPSA) is 55.8 Å². The zero-order valence-corrected chi connectivity index (χ0v) is 15.8. The molecule has 3 aliphatic heterocycles. The molecule has 5 aliphatic rings. The van der Waals surface area contributed by atoms with Crippen molar-refractivity contribution in [3.05, 3.63) is 22.7 Å². The van der Waals surface area contributed by atoms with Crippen molar-refractivity contribution >= 4 is 58.2 Å². The van der Waals surface area contributed by atoms with E-state index in [0.29, 0.717) is 16.5 Å². The Morgan fingerprint density at radius 1 is 1.12 bits per heavy atom. The van der Waals surface area contributed by atoms with Crippen molar-refractivity contribution in [1.29, 1.82) is 0 Å². The number of imide groups is 1. The van der Waals surface area contributed by atoms with Crippen LogP contribution in [0, 0.1) is 23.7 Å². The van der Waals surface area contributed by atoms with Gasteiger partial charge in [0.15, 0.2) is 0 Å². The number of nitrogens with zero attached hydrogens (tertiary/aromatic N) is 1. The number of carbonyl (C=O) groups is 2. The Balaban J connectivity index is 1.57. The first-order chi connectivity index (χ1) is 11.8. The third-order valence-corrected chi connectivity index (χ3v) is 8.78. The van der Waals surface area contributed by atoms with Gasteiger partial charge in [0.25, 0.3) is 11.8 Å². The maximum Gasteiger partial charge on any atom is 0.260 e. The van der Waals surface area contributed by atoms with E-state index >= 15 is 0 Å². The number of hydrogen-bond acceptors (Lipinski definition) is 4. The average molecular weight is 425 g/mol. The predicted molar refractivity (Wildman–Crippen MR) is 91.1 cm³/mol. The molecule has 134 valence electrons. The summed E-state index contributed by atoms with van der Waals surface area (Å²) in [6.45, 7) is 3.59. The van der Waals surface area contributed by atoms with Crippen LogP contribution in [0.25, 0.3) is 0 Å². The second-order valence-electron chi connectivity index (χ2n) is 7.25. The molecule has 25 heavy (non-hydrogen) atoms. The fraction of sp³-hybridized carbons (Fsp3) is 0.625. The molecule has 0 radical (unpaired) electrons. The number of halogens is 4. The molecule has 9 heteroatoms. The van der Waals surface area contributed by atoms with Crippen LogP contribution in [0.3, 0.4) is 0 Å². The number of allylic oxidation sites excluding steroid dienone is 2. The quantitative estimate of drug-likeness (QED) is 0.397. The van der Waals surface area contributed by atoms with Crippen LogP contribution in [-0.4, -0.2) is 45.4 Å². The third kappa shape index (κ3) is 1.67. The van der Waals surface area contributed by atoms with E-state index in [1.165, 1.54) is 6.08 Å². The molecule has 8 atom stereocenters. The Bertz CT molecular complexity index is 717. The molecular formula is C16H13Cl4NO4. The van der Waals surface area contributed by atoms with Gasteiger partial charge in [0.05, 0.1) is 50.5 Å². The number of ether oxygens (including phenoxy) is 1. The summed E-state index contributed by atoms with van der Waals surface area (Å²) in [5.41, 5.74) is 0. The second kappa shape index (κ2) is 4.94. The highest BCUT2D eigenvalue weighted by Crippen LogP contribution is 2.75. The molecule has 3 heterocycles. The van der Waals surface area contributed by atoms with Crippen molar-refractivity contribution in [2.75, 3.05) is 6.61 Å². The van der Waals surface area contributed by atoms with E-state index in [1.807, 2.05) is 0 Å². The minimum atomic E-state index is -0.950. The summed E-state index contributed by atoms with van der Waals surface area (Å²) in [6.07, 6.45) is 0.806. The molecule has 0 aromatic rings. The monoisotopic (exact) mass is 423 g/mol. The van der Waals surface area contributed by atoms with Gasteiger partial charge in [-0.25, -0.2) is 0 Å². The maximum absolute atomic E-state index is 12.7. The van der Waals surface area contributed by atoms with Crippen LogP contribution in [0.5, 0.6) is 0 Å². The predicted octanol–water partition coefficient (Wildman–Crippen LogP) is 2.78. The lowest BCUT2D eigenvalue weighted by molar-refractivity contribution is -0.189. The normalized spacial score (nSPS) is 52.4. The number of alkyl halides is 2. The number of amides is 2. The minimum Gasteiger partial charge on any atom is -0.373 e. The molecule has 4 bridgehead atoms. The summed E-state index contributed by atoms with van der Waals surface area (Å²) in [6, 6.07) is 0. The van der Waals surface area contributed by atoms with Gasteiger partial charge in [-0.15, -0.1) is 29.8 Å². The van der Waals surface area contributed by atoms with Gasteiger partial charge in [-0.05, 0) is 6.42 Å². The summed E-state index contributed by atoms with van der Waals surface area (Å²) in [5, 5.41) is 1.49. The SMILES string of the molecule is C=CCON1C(=O)[C@@H]2[C@@H]3O[C@@H](C4[C@@H]3[C@@]3(Cl)C[C@]4(Cl)C(Cl)=C3Cl)[C@@H]2C1=O. The van der Waals surface area contributed by atoms with Crippen LogP contribution < -0.4 is 0 Å². The van der Waals surface area contributed by atoms with E-state index in [2.05, 4.69) is 6.58 Å². The Morgan fingerprint density at radius 3 is 2.04 bits per heavy atom. The number of hydrogen-bond donors (Lipinski definition) is 0. The molecule has 2 aliphatic carbocycles. The lowest BCUT2D eigenvalue weighted by atomic mass is 9.65. The van der Waals surface area contributed by atoms with E-state index in [1.54, 1.807) is 0 Å². The summed E-state index contributed by atoms with van der Waals surface area (Å²) in [4.78, 5) is 28.8. The van der Waals surface area contributed by atoms with Crippen molar-refractivity contribution in [2.45, 2.75) is 28.4 Å². The summed E-state index contributed by atoms with van der Waals surface area (Å²) < 4.78 is 6.05. The van der Waals surface area contributed by atoms with Crippen LogP contribution in [0.4, 0.5) is 0 Å². The highest BCUT2D eigenvalue weighted by atomic mass is 35.5. The van der Waals surface area contributed by atoms with Gasteiger partial charge in [-0.1, -0.05) is 29.3 Å². The highest BCUT2D eigenvalue weighted by Gasteiger charge is 2.82. The Kier molecular flexibility index (Phi) is 3.33. The average Bonchev–Trinajstić information content (AvgIpc) is 3.29. The zero-order valence-electron chi connectivity index (χ0n) is 12.8. The first-order valence-corrected chi connectivity index (χ1v) is 9.49. The van der Waals surface area contributed by atoms with Crippen molar-refractivity contribution < 1.29 is 19.2 Å². The van der Waals surface area contributed by atoms with Crippen LogP contribution >= 0.6 is 46.4 Å². The first kappa shape index (κ1) is 16.8. The van der Waals surface area contributed by atoms with Crippen molar-refractivity contribution in [2.24, 2.45) is 23.7 Å². The second-order valence-corrected chi connectivity index (χ2v) is 9.36. The van der Waals surface area contributed by atoms with E-state index in [4.69, 9.17) is 56.0 Å². The number of carbonyl (C=O) groups excluding carboxylic acids is 2. The maximum atomic E-state index is 12.7. The van der Waals surface area contributed by atoms with Gasteiger partial charge in [0.2, 0.25) is 0 Å². The largest absolute Gasteiger partial charge is 0.373 e. The standard InChI is InChI=1S/C16H13Cl4NO4/c1-2-3-24-21-13(22)5-6(14(21)23)10-8-7(9(5)25-10)15(19)4-16(8,20)12(18)11(15)17/h2,5-10H,1,3-4H2/t5-,6+,7-,8?,9-,10+,15-,16+/m0/s1. The Morgan fingerprint density at radius 2 is 1.60 bits per heavy atom. The highest BCUT2D eigenvalue weighted by molar-refractivity contribution is 6.51. The zero-order chi connectivity index (χ0) is 17.9. The molecule has 0 spiro atoms. The van der Waals surface area contributed by atoms with E-state index in [9.17, 15) is 9.59 Å². The fourth-order valence-electron chi connectivity index (χ4n) is 5.52. The molecule has 1 saturated carbocycles. The van der Waals surface area contributed by atoms with E-state index in [-0.39, 0.29) is 18.4 Å². The fourth-order valence-corrected chi connectivity index (χ4v) is 7.54. The van der Waals surface area contributed by atoms with Gasteiger partial charge in [-0.2, -0.15) is 5.06 Å². The molecule has 5 nitrogen and oxygen atoms in total. The van der Waals surface area contributed by atoms with Gasteiger partial charge in [0.1, 0.15) is 0 Å². The number of hydroxylamine groups is 2. The molecule has 1 unspecified atom stereocenters. The van der Waals surface area contributed by atoms with Gasteiger partial charge < -0.3 is 4.74 Å². The summed E-state index contributed by atoms with van der Waals surface area (Å²) >= 11 is 26.4. The Hall–Kier alpha value is -0.300. The molecular weight excluding hydrogens is 412 g/mol. The van der Waals surface area contributed by atoms with Gasteiger partial charge in [-0.3, -0.25) is 14.4 Å². The van der Waals surface area contributed by atoms with E-state index < -0.39 is 45.6 Å². The first-order valence-electron chi connectivity index (χ1n) is 7.98. The van der Waals surface area contributed by atoms with Crippen LogP contribution in [0.1, 0.15) is 6.42 Å². The summed E-state index contributed by atoms with van der Waals surface area (Å²) in [5.74, 6) is -2.57. The van der Waals surface area contributed by atoms with Crippen LogP contribution in [0.2, 0.25) is 0 Å². The van der Waals surface area contributed by atoms with Crippen LogP contribution in [0.15, 0.2) is 22.7 Å². The van der Waals surface area contributed by atoms with Crippen LogP contribution in [-0.2, 0) is 19.2 Å². The smallest absolute Gasteiger partial charge is 0.260 e. The third-order valence-electron chi connectivity index (χ3n) is 6.29. The summed E-state index contributed by atoms with van der Waals surface area (Å²) in [7, 11) is 0. The Labute approximate surface area is 163 Å². The number of fused-ring (bicyclic) bond motifs is 12. The molecule has 4 fully saturated rings. The van der Waals surface area contributed by atoms with Gasteiger partial charge >= 0.3 is 0 Å². The molecule has 5 rings (SSSR count). The molecule has 0 aromatic carbocycles. The van der Waals surface area contributed by atoms with Gasteiger partial charge in [0, 0.05) is 11.8 Å². The molecule has 0 N–H and O–H groups in total. The molecule has 3 saturated heterocycles. The van der Waals surface area contributed by atoms with Crippen molar-refractivity contribution in [1.82, 2.24) is 5.06 Å². The minimum absolute atomic E-state index is 0.0675. The molecule has 0 aromatic heterocycles.